The summed E-state index contributed by atoms with van der Waals surface area (Å²) in [5.74, 6) is 0. The van der Waals surface area contributed by atoms with E-state index in [0.717, 1.165) is 6.54 Å². The van der Waals surface area contributed by atoms with Crippen molar-refractivity contribution < 1.29 is 8.42 Å². The van der Waals surface area contributed by atoms with Crippen molar-refractivity contribution in [3.05, 3.63) is 77.3 Å². The summed E-state index contributed by atoms with van der Waals surface area (Å²) in [6.07, 6.45) is 0. The topological polar surface area (TPSA) is 34.1 Å². The molecule has 3 aromatic rings. The van der Waals surface area contributed by atoms with Crippen LogP contribution in [0.3, 0.4) is 0 Å². The first-order valence-corrected chi connectivity index (χ1v) is 14.6. The van der Waals surface area contributed by atoms with Crippen molar-refractivity contribution in [2.45, 2.75) is 16.7 Å². The Morgan fingerprint density at radius 3 is 2.25 bits per heavy atom. The van der Waals surface area contributed by atoms with E-state index in [1.165, 1.54) is 8.83 Å². The number of fused-ring (bicyclic) bond motifs is 2. The van der Waals surface area contributed by atoms with Crippen LogP contribution in [0.1, 0.15) is 5.56 Å². The maximum atomic E-state index is 13.1. The van der Waals surface area contributed by atoms with Gasteiger partial charge in [-0.3, -0.25) is 0 Å². The Morgan fingerprint density at radius 2 is 1.50 bits per heavy atom. The number of aryl methyl sites for hydroxylation is 1. The number of hydrogen-bond donors (Lipinski definition) is 0. The minimum atomic E-state index is -3.56. The van der Waals surface area contributed by atoms with Crippen LogP contribution in [0.15, 0.2) is 76.5 Å². The summed E-state index contributed by atoms with van der Waals surface area (Å²) < 4.78 is 29.4. The van der Waals surface area contributed by atoms with Crippen molar-refractivity contribution in [2.24, 2.45) is 0 Å². The summed E-state index contributed by atoms with van der Waals surface area (Å²) in [7, 11) is -3.56. The molecule has 0 aromatic heterocycles. The molecule has 0 N–H and O–H groups in total. The minimum absolute atomic E-state index is 0.323. The SMILES string of the molecule is Cc1cc[c]([Bi]2[c]3ccccc3S(=O)(=O)c3c(Cl)ccc[c]32)cc1. The van der Waals surface area contributed by atoms with Gasteiger partial charge in [-0.05, 0) is 0 Å². The zero-order valence-electron chi connectivity index (χ0n) is 12.9. The van der Waals surface area contributed by atoms with Crippen molar-refractivity contribution in [1.29, 1.82) is 0 Å². The summed E-state index contributed by atoms with van der Waals surface area (Å²) in [4.78, 5) is 0.757. The third-order valence-electron chi connectivity index (χ3n) is 4.14. The molecular weight excluding hydrogens is 537 g/mol. The van der Waals surface area contributed by atoms with Crippen LogP contribution in [-0.2, 0) is 9.84 Å². The molecule has 0 saturated heterocycles. The second-order valence-electron chi connectivity index (χ2n) is 5.73. The zero-order valence-corrected chi connectivity index (χ0v) is 18.0. The van der Waals surface area contributed by atoms with Crippen LogP contribution in [0.2, 0.25) is 5.02 Å². The Labute approximate surface area is 154 Å². The van der Waals surface area contributed by atoms with Gasteiger partial charge >= 0.3 is 155 Å². The number of rotatable bonds is 1. The molecule has 1 heterocycles. The van der Waals surface area contributed by atoms with Gasteiger partial charge < -0.3 is 0 Å². The molecule has 0 atom stereocenters. The normalized spacial score (nSPS) is 15.6. The molecular formula is C19H14BiClO2S. The predicted molar refractivity (Wildman–Crippen MR) is 99.2 cm³/mol. The molecule has 2 nitrogen and oxygen atoms in total. The fraction of sp³-hybridized carbons (Fsp3) is 0.0526. The van der Waals surface area contributed by atoms with Gasteiger partial charge in [0, 0.05) is 0 Å². The van der Waals surface area contributed by atoms with Crippen LogP contribution in [0.5, 0.6) is 0 Å². The molecule has 120 valence electrons. The molecule has 0 fully saturated rings. The molecule has 4 rings (SSSR count). The summed E-state index contributed by atoms with van der Waals surface area (Å²) in [5, 5.41) is 0.328. The molecule has 1 aliphatic heterocycles. The third-order valence-corrected chi connectivity index (χ3v) is 17.6. The van der Waals surface area contributed by atoms with Crippen molar-refractivity contribution in [3.8, 4) is 0 Å². The maximum absolute atomic E-state index is 13.1. The first-order valence-electron chi connectivity index (χ1n) is 7.49. The van der Waals surface area contributed by atoms with Gasteiger partial charge in [-0.25, -0.2) is 0 Å². The van der Waals surface area contributed by atoms with E-state index in [4.69, 9.17) is 11.6 Å². The first-order chi connectivity index (χ1) is 11.5. The van der Waals surface area contributed by atoms with E-state index in [1.54, 1.807) is 18.2 Å². The second-order valence-corrected chi connectivity index (χ2v) is 16.4. The fourth-order valence-electron chi connectivity index (χ4n) is 3.02. The fourth-order valence-corrected chi connectivity index (χ4v) is 18.8. The van der Waals surface area contributed by atoms with Gasteiger partial charge in [0.1, 0.15) is 0 Å². The van der Waals surface area contributed by atoms with Gasteiger partial charge in [-0.15, -0.1) is 0 Å². The van der Waals surface area contributed by atoms with Crippen LogP contribution in [0.25, 0.3) is 0 Å². The average Bonchev–Trinajstić information content (AvgIpc) is 2.56. The second kappa shape index (κ2) is 5.94. The van der Waals surface area contributed by atoms with E-state index < -0.39 is 31.6 Å². The predicted octanol–water partition coefficient (Wildman–Crippen LogP) is 2.31. The van der Waals surface area contributed by atoms with Gasteiger partial charge in [0.2, 0.25) is 0 Å². The molecule has 1 aliphatic rings. The quantitative estimate of drug-likeness (QED) is 0.341. The Kier molecular flexibility index (Phi) is 4.03. The molecule has 3 aromatic carbocycles. The van der Waals surface area contributed by atoms with Crippen LogP contribution in [-0.4, -0.2) is 30.2 Å². The van der Waals surface area contributed by atoms with Crippen LogP contribution >= 0.6 is 11.6 Å². The van der Waals surface area contributed by atoms with Gasteiger partial charge in [-0.1, -0.05) is 0 Å². The van der Waals surface area contributed by atoms with Crippen molar-refractivity contribution in [1.82, 2.24) is 0 Å². The van der Waals surface area contributed by atoms with E-state index >= 15 is 0 Å². The van der Waals surface area contributed by atoms with Crippen LogP contribution in [0.4, 0.5) is 0 Å². The van der Waals surface area contributed by atoms with Crippen molar-refractivity contribution in [2.75, 3.05) is 0 Å². The molecule has 5 heteroatoms. The van der Waals surface area contributed by atoms with E-state index in [9.17, 15) is 8.42 Å². The molecule has 0 bridgehead atoms. The van der Waals surface area contributed by atoms with Gasteiger partial charge in [0.05, 0.1) is 0 Å². The number of benzene rings is 3. The average molecular weight is 551 g/mol. The van der Waals surface area contributed by atoms with E-state index in [2.05, 4.69) is 31.2 Å². The molecule has 0 saturated carbocycles. The number of halogens is 1. The van der Waals surface area contributed by atoms with E-state index in [-0.39, 0.29) is 0 Å². The van der Waals surface area contributed by atoms with Crippen LogP contribution < -0.4 is 9.81 Å². The van der Waals surface area contributed by atoms with Gasteiger partial charge in [-0.2, -0.15) is 0 Å². The Morgan fingerprint density at radius 1 is 0.833 bits per heavy atom. The molecule has 0 radical (unpaired) electrons. The van der Waals surface area contributed by atoms with Crippen LogP contribution in [0, 0.1) is 6.92 Å². The Bertz CT molecular complexity index is 1040. The number of sulfone groups is 1. The van der Waals surface area contributed by atoms with Crippen molar-refractivity contribution >= 4 is 53.0 Å². The first kappa shape index (κ1) is 16.3. The summed E-state index contributed by atoms with van der Waals surface area (Å²) >= 11 is 3.64. The van der Waals surface area contributed by atoms with E-state index in [1.807, 2.05) is 24.3 Å². The molecule has 0 spiro atoms. The third kappa shape index (κ3) is 2.44. The summed E-state index contributed by atoms with van der Waals surface area (Å²) in [5.41, 5.74) is 1.20. The molecule has 24 heavy (non-hydrogen) atoms. The molecule has 0 amide bonds. The molecule has 0 unspecified atom stereocenters. The Balaban J connectivity index is 2.09. The zero-order chi connectivity index (χ0) is 16.9. The monoisotopic (exact) mass is 550 g/mol. The van der Waals surface area contributed by atoms with Gasteiger partial charge in [0.15, 0.2) is 0 Å². The number of hydrogen-bond acceptors (Lipinski definition) is 2. The van der Waals surface area contributed by atoms with Crippen molar-refractivity contribution in [3.63, 3.8) is 0 Å². The Hall–Kier alpha value is -1.22. The molecule has 0 aliphatic carbocycles. The van der Waals surface area contributed by atoms with Gasteiger partial charge in [0.25, 0.3) is 0 Å². The standard InChI is InChI=1S/C12H7ClO2S.C7H7.Bi/c13-11-8-4-5-9-12(11)16(14,15)10-6-2-1-3-7-10;1-7-5-3-2-4-6-7;/h1-6,8H;3-6H,1H3;. The van der Waals surface area contributed by atoms with E-state index in [0.29, 0.717) is 14.8 Å². The summed E-state index contributed by atoms with van der Waals surface area (Å²) in [6, 6.07) is 21.4. The summed E-state index contributed by atoms with van der Waals surface area (Å²) in [6.45, 7) is 2.06.